The number of carbonyl (C=O) groups excluding carboxylic acids is 1. The molecule has 1 aliphatic rings. The molecule has 1 saturated carbocycles. The molecule has 1 fully saturated rings. The first-order valence-corrected chi connectivity index (χ1v) is 8.38. The second-order valence-corrected chi connectivity index (χ2v) is 6.38. The quantitative estimate of drug-likeness (QED) is 0.648. The molecular weight excluding hydrogens is 336 g/mol. The largest absolute Gasteiger partial charge is 0.336 e. The molecule has 0 bridgehead atoms. The van der Waals surface area contributed by atoms with E-state index < -0.39 is 10.5 Å². The molecule has 9 heteroatoms. The smallest absolute Gasteiger partial charge is 0.270 e. The zero-order valence-electron chi connectivity index (χ0n) is 14.1. The van der Waals surface area contributed by atoms with Gasteiger partial charge in [0, 0.05) is 17.7 Å². The maximum atomic E-state index is 12.3. The molecule has 1 aromatic heterocycles. The summed E-state index contributed by atoms with van der Waals surface area (Å²) in [6, 6.07) is 8.23. The predicted molar refractivity (Wildman–Crippen MR) is 91.7 cm³/mol. The molecule has 3 rings (SSSR count). The summed E-state index contributed by atoms with van der Waals surface area (Å²) in [4.78, 5) is 26.8. The summed E-state index contributed by atoms with van der Waals surface area (Å²) in [5.41, 5.74) is -0.345. The van der Waals surface area contributed by atoms with Gasteiger partial charge < -0.3 is 5.32 Å². The fourth-order valence-electron chi connectivity index (χ4n) is 3.14. The van der Waals surface area contributed by atoms with Gasteiger partial charge in [-0.05, 0) is 12.8 Å². The topological polar surface area (TPSA) is 127 Å². The van der Waals surface area contributed by atoms with Crippen molar-refractivity contribution in [2.24, 2.45) is 0 Å². The van der Waals surface area contributed by atoms with Crippen molar-refractivity contribution >= 4 is 11.6 Å². The number of nitrogens with zero attached hydrogens (tertiary/aromatic N) is 5. The van der Waals surface area contributed by atoms with Crippen molar-refractivity contribution in [3.63, 3.8) is 0 Å². The van der Waals surface area contributed by atoms with Gasteiger partial charge in [-0.3, -0.25) is 14.9 Å². The minimum Gasteiger partial charge on any atom is -0.336 e. The Hall–Kier alpha value is -3.28. The molecule has 2 aromatic rings. The van der Waals surface area contributed by atoms with E-state index in [1.165, 1.54) is 23.1 Å². The highest BCUT2D eigenvalue weighted by Gasteiger charge is 2.33. The van der Waals surface area contributed by atoms with Gasteiger partial charge in [0.25, 0.3) is 5.69 Å². The molecule has 1 N–H and O–H groups in total. The summed E-state index contributed by atoms with van der Waals surface area (Å²) in [5.74, 6) is -0.00175. The van der Waals surface area contributed by atoms with Crippen LogP contribution in [-0.2, 0) is 11.3 Å². The van der Waals surface area contributed by atoms with Crippen molar-refractivity contribution in [2.75, 3.05) is 0 Å². The number of nitriles is 1. The Labute approximate surface area is 149 Å². The predicted octanol–water partition coefficient (Wildman–Crippen LogP) is 2.20. The Morgan fingerprint density at radius 2 is 2.15 bits per heavy atom. The van der Waals surface area contributed by atoms with Gasteiger partial charge in [0.15, 0.2) is 5.82 Å². The van der Waals surface area contributed by atoms with E-state index in [0.717, 1.165) is 19.3 Å². The fourth-order valence-corrected chi connectivity index (χ4v) is 3.14. The third-order valence-electron chi connectivity index (χ3n) is 4.46. The Bertz CT molecular complexity index is 863. The number of nitrogens with one attached hydrogen (secondary N) is 1. The number of aromatic nitrogens is 3. The van der Waals surface area contributed by atoms with Crippen molar-refractivity contribution in [3.05, 3.63) is 40.7 Å². The zero-order chi connectivity index (χ0) is 18.6. The summed E-state index contributed by atoms with van der Waals surface area (Å²) in [6.45, 7) is -0.0641. The molecule has 1 amide bonds. The van der Waals surface area contributed by atoms with Crippen molar-refractivity contribution in [1.29, 1.82) is 5.26 Å². The van der Waals surface area contributed by atoms with E-state index in [9.17, 15) is 20.2 Å². The van der Waals surface area contributed by atoms with Crippen LogP contribution in [0.4, 0.5) is 5.69 Å². The van der Waals surface area contributed by atoms with E-state index in [2.05, 4.69) is 21.5 Å². The van der Waals surface area contributed by atoms with Gasteiger partial charge in [0.1, 0.15) is 18.4 Å². The van der Waals surface area contributed by atoms with Gasteiger partial charge in [-0.2, -0.15) is 10.4 Å². The summed E-state index contributed by atoms with van der Waals surface area (Å²) in [7, 11) is 0. The molecule has 0 unspecified atom stereocenters. The van der Waals surface area contributed by atoms with Crippen LogP contribution in [0.2, 0.25) is 0 Å². The van der Waals surface area contributed by atoms with Crippen molar-refractivity contribution in [1.82, 2.24) is 20.1 Å². The zero-order valence-corrected chi connectivity index (χ0v) is 14.1. The molecule has 0 spiro atoms. The van der Waals surface area contributed by atoms with E-state index in [1.807, 2.05) is 0 Å². The van der Waals surface area contributed by atoms with Crippen LogP contribution in [0.1, 0.15) is 32.1 Å². The number of non-ortho nitro benzene ring substituents is 1. The van der Waals surface area contributed by atoms with Gasteiger partial charge in [-0.15, -0.1) is 0 Å². The first-order chi connectivity index (χ1) is 12.5. The number of carbonyl (C=O) groups is 1. The average Bonchev–Trinajstić information content (AvgIpc) is 3.11. The molecule has 26 heavy (non-hydrogen) atoms. The maximum Gasteiger partial charge on any atom is 0.270 e. The van der Waals surface area contributed by atoms with Crippen LogP contribution >= 0.6 is 0 Å². The minimum atomic E-state index is -0.793. The molecule has 1 aromatic carbocycles. The number of benzene rings is 1. The van der Waals surface area contributed by atoms with E-state index in [1.54, 1.807) is 12.1 Å². The molecule has 0 saturated heterocycles. The van der Waals surface area contributed by atoms with Gasteiger partial charge in [0.05, 0.1) is 11.0 Å². The third-order valence-corrected chi connectivity index (χ3v) is 4.46. The van der Waals surface area contributed by atoms with Crippen LogP contribution in [0.25, 0.3) is 11.4 Å². The lowest BCUT2D eigenvalue weighted by Gasteiger charge is -2.31. The van der Waals surface area contributed by atoms with Crippen LogP contribution in [0.3, 0.4) is 0 Å². The maximum absolute atomic E-state index is 12.3. The van der Waals surface area contributed by atoms with Gasteiger partial charge >= 0.3 is 0 Å². The molecule has 1 aliphatic carbocycles. The summed E-state index contributed by atoms with van der Waals surface area (Å²) in [5, 5.41) is 27.3. The molecule has 9 nitrogen and oxygen atoms in total. The van der Waals surface area contributed by atoms with Gasteiger partial charge in [-0.1, -0.05) is 31.4 Å². The lowest BCUT2D eigenvalue weighted by Crippen LogP contribution is -2.49. The number of rotatable bonds is 5. The molecule has 0 radical (unpaired) electrons. The SMILES string of the molecule is N#CC1(NC(=O)Cn2cnc(-c3cccc([N+](=O)[O-])c3)n2)CCCCC1. The highest BCUT2D eigenvalue weighted by Crippen LogP contribution is 2.27. The first kappa shape index (κ1) is 17.5. The van der Waals surface area contributed by atoms with E-state index in [0.29, 0.717) is 24.2 Å². The van der Waals surface area contributed by atoms with Gasteiger partial charge in [0.2, 0.25) is 5.91 Å². The number of hydrogen-bond acceptors (Lipinski definition) is 6. The second-order valence-electron chi connectivity index (χ2n) is 6.38. The monoisotopic (exact) mass is 354 g/mol. The lowest BCUT2D eigenvalue weighted by molar-refractivity contribution is -0.384. The molecule has 1 heterocycles. The first-order valence-electron chi connectivity index (χ1n) is 8.38. The average molecular weight is 354 g/mol. The third kappa shape index (κ3) is 3.85. The number of nitro groups is 1. The number of amides is 1. The van der Waals surface area contributed by atoms with Crippen LogP contribution in [0.5, 0.6) is 0 Å². The van der Waals surface area contributed by atoms with E-state index in [4.69, 9.17) is 0 Å². The number of nitro benzene ring substituents is 1. The Balaban J connectivity index is 1.68. The van der Waals surface area contributed by atoms with E-state index >= 15 is 0 Å². The summed E-state index contributed by atoms with van der Waals surface area (Å²) < 4.78 is 1.36. The van der Waals surface area contributed by atoms with Crippen LogP contribution in [0.15, 0.2) is 30.6 Å². The fraction of sp³-hybridized carbons (Fsp3) is 0.412. The van der Waals surface area contributed by atoms with Crippen molar-refractivity contribution in [2.45, 2.75) is 44.2 Å². The summed E-state index contributed by atoms with van der Waals surface area (Å²) >= 11 is 0. The molecule has 0 aliphatic heterocycles. The Morgan fingerprint density at radius 3 is 2.85 bits per heavy atom. The van der Waals surface area contributed by atoms with E-state index in [-0.39, 0.29) is 18.1 Å². The molecule has 134 valence electrons. The number of hydrogen-bond donors (Lipinski definition) is 1. The van der Waals surface area contributed by atoms with Crippen LogP contribution in [-0.4, -0.2) is 31.1 Å². The van der Waals surface area contributed by atoms with Crippen molar-refractivity contribution < 1.29 is 9.72 Å². The summed E-state index contributed by atoms with van der Waals surface area (Å²) in [6.07, 6.45) is 5.64. The normalized spacial score (nSPS) is 15.8. The highest BCUT2D eigenvalue weighted by molar-refractivity contribution is 5.77. The van der Waals surface area contributed by atoms with Crippen molar-refractivity contribution in [3.8, 4) is 17.5 Å². The highest BCUT2D eigenvalue weighted by atomic mass is 16.6. The molecular formula is C17H18N6O3. The minimum absolute atomic E-state index is 0.0511. The van der Waals surface area contributed by atoms with Gasteiger partial charge in [-0.25, -0.2) is 9.67 Å². The standard InChI is InChI=1S/C17H18N6O3/c18-11-17(7-2-1-3-8-17)20-15(24)10-22-12-19-16(21-22)13-5-4-6-14(9-13)23(25)26/h4-6,9,12H,1-3,7-8,10H2,(H,20,24). The van der Waals surface area contributed by atoms with Crippen LogP contribution in [0, 0.1) is 21.4 Å². The van der Waals surface area contributed by atoms with Crippen LogP contribution < -0.4 is 5.32 Å². The second kappa shape index (κ2) is 7.31. The lowest BCUT2D eigenvalue weighted by atomic mass is 9.83. The Kier molecular flexibility index (Phi) is 4.93. The molecule has 0 atom stereocenters. The Morgan fingerprint density at radius 1 is 1.38 bits per heavy atom.